The molecule has 1 saturated heterocycles. The van der Waals surface area contributed by atoms with Gasteiger partial charge in [0, 0.05) is 22.5 Å². The van der Waals surface area contributed by atoms with Crippen molar-refractivity contribution in [3.63, 3.8) is 0 Å². The van der Waals surface area contributed by atoms with E-state index in [9.17, 15) is 4.79 Å². The molecule has 1 aliphatic heterocycles. The number of benzene rings is 1. The number of alkyl halides is 1. The van der Waals surface area contributed by atoms with Gasteiger partial charge in [-0.2, -0.15) is 0 Å². The molecule has 1 amide bonds. The zero-order chi connectivity index (χ0) is 13.1. The number of amides is 1. The van der Waals surface area contributed by atoms with Crippen LogP contribution >= 0.6 is 34.2 Å². The number of piperidine rings is 1. The molecule has 0 atom stereocenters. The Labute approximate surface area is 127 Å². The van der Waals surface area contributed by atoms with Crippen LogP contribution in [0.5, 0.6) is 0 Å². The summed E-state index contributed by atoms with van der Waals surface area (Å²) in [5, 5.41) is 0. The van der Waals surface area contributed by atoms with Crippen LogP contribution < -0.4 is 0 Å². The zero-order valence-corrected chi connectivity index (χ0v) is 13.4. The Morgan fingerprint density at radius 1 is 1.44 bits per heavy atom. The molecule has 0 radical (unpaired) electrons. The summed E-state index contributed by atoms with van der Waals surface area (Å²) >= 11 is 8.13. The Kier molecular flexibility index (Phi) is 4.90. The maximum absolute atomic E-state index is 12.5. The van der Waals surface area contributed by atoms with Crippen LogP contribution in [0.4, 0.5) is 0 Å². The van der Waals surface area contributed by atoms with Crippen LogP contribution in [-0.4, -0.2) is 29.8 Å². The molecule has 2 rings (SSSR count). The molecule has 0 saturated carbocycles. The minimum absolute atomic E-state index is 0.163. The van der Waals surface area contributed by atoms with Crippen molar-refractivity contribution in [1.82, 2.24) is 4.90 Å². The van der Waals surface area contributed by atoms with E-state index in [0.717, 1.165) is 40.6 Å². The Balaban J connectivity index is 2.10. The molecule has 0 aliphatic carbocycles. The highest BCUT2D eigenvalue weighted by molar-refractivity contribution is 14.1. The standard InChI is InChI=1S/C14H17ClINO/c1-10-3-2-4-12(13(10)16)14(18)17-7-5-11(9-15)6-8-17/h2-4,11H,5-9H2,1H3. The van der Waals surface area contributed by atoms with Crippen molar-refractivity contribution in [2.45, 2.75) is 19.8 Å². The van der Waals surface area contributed by atoms with E-state index in [1.54, 1.807) is 0 Å². The predicted octanol–water partition coefficient (Wildman–Crippen LogP) is 3.69. The predicted molar refractivity (Wildman–Crippen MR) is 83.2 cm³/mol. The van der Waals surface area contributed by atoms with Gasteiger partial charge in [0.2, 0.25) is 0 Å². The molecule has 1 aromatic carbocycles. The number of hydrogen-bond donors (Lipinski definition) is 0. The fourth-order valence-electron chi connectivity index (χ4n) is 2.27. The first-order valence-electron chi connectivity index (χ1n) is 6.24. The summed E-state index contributed by atoms with van der Waals surface area (Å²) in [7, 11) is 0. The van der Waals surface area contributed by atoms with E-state index < -0.39 is 0 Å². The molecule has 1 aromatic rings. The highest BCUT2D eigenvalue weighted by Gasteiger charge is 2.24. The quantitative estimate of drug-likeness (QED) is 0.568. The van der Waals surface area contributed by atoms with Crippen molar-refractivity contribution in [1.29, 1.82) is 0 Å². The Hall–Kier alpha value is -0.290. The molecule has 1 fully saturated rings. The zero-order valence-electron chi connectivity index (χ0n) is 10.5. The summed E-state index contributed by atoms with van der Waals surface area (Å²) in [6.07, 6.45) is 2.05. The Bertz CT molecular complexity index is 441. The molecule has 0 aromatic heterocycles. The first-order chi connectivity index (χ1) is 8.63. The fourth-order valence-corrected chi connectivity index (χ4v) is 3.17. The molecule has 0 bridgehead atoms. The maximum Gasteiger partial charge on any atom is 0.254 e. The van der Waals surface area contributed by atoms with Gasteiger partial charge in [0.25, 0.3) is 5.91 Å². The molecule has 0 unspecified atom stereocenters. The highest BCUT2D eigenvalue weighted by Crippen LogP contribution is 2.23. The van der Waals surface area contributed by atoms with Gasteiger partial charge in [-0.15, -0.1) is 11.6 Å². The van der Waals surface area contributed by atoms with Crippen molar-refractivity contribution in [2.75, 3.05) is 19.0 Å². The van der Waals surface area contributed by atoms with Crippen LogP contribution in [0.1, 0.15) is 28.8 Å². The van der Waals surface area contributed by atoms with Crippen LogP contribution in [0.15, 0.2) is 18.2 Å². The normalized spacial score (nSPS) is 16.9. The van der Waals surface area contributed by atoms with Gasteiger partial charge in [0.05, 0.1) is 5.56 Å². The van der Waals surface area contributed by atoms with Gasteiger partial charge >= 0.3 is 0 Å². The van der Waals surface area contributed by atoms with Crippen molar-refractivity contribution in [3.05, 3.63) is 32.9 Å². The smallest absolute Gasteiger partial charge is 0.254 e. The Morgan fingerprint density at radius 2 is 2.11 bits per heavy atom. The number of carbonyl (C=O) groups is 1. The van der Waals surface area contributed by atoms with Gasteiger partial charge in [0.1, 0.15) is 0 Å². The number of aryl methyl sites for hydroxylation is 1. The largest absolute Gasteiger partial charge is 0.339 e. The monoisotopic (exact) mass is 377 g/mol. The number of hydrogen-bond acceptors (Lipinski definition) is 1. The van der Waals surface area contributed by atoms with Gasteiger partial charge in [-0.05, 0) is 59.9 Å². The number of halogens is 2. The van der Waals surface area contributed by atoms with Crippen LogP contribution in [-0.2, 0) is 0 Å². The van der Waals surface area contributed by atoms with E-state index in [2.05, 4.69) is 22.6 Å². The minimum atomic E-state index is 0.163. The van der Waals surface area contributed by atoms with E-state index in [4.69, 9.17) is 11.6 Å². The highest BCUT2D eigenvalue weighted by atomic mass is 127. The number of carbonyl (C=O) groups excluding carboxylic acids is 1. The van der Waals surface area contributed by atoms with E-state index in [1.165, 1.54) is 0 Å². The lowest BCUT2D eigenvalue weighted by Crippen LogP contribution is -2.39. The first-order valence-corrected chi connectivity index (χ1v) is 7.85. The van der Waals surface area contributed by atoms with Gasteiger partial charge in [-0.3, -0.25) is 4.79 Å². The molecule has 2 nitrogen and oxygen atoms in total. The lowest BCUT2D eigenvalue weighted by Gasteiger charge is -2.31. The molecular weight excluding hydrogens is 361 g/mol. The second kappa shape index (κ2) is 6.24. The van der Waals surface area contributed by atoms with Crippen LogP contribution in [0.2, 0.25) is 0 Å². The molecule has 98 valence electrons. The summed E-state index contributed by atoms with van der Waals surface area (Å²) in [4.78, 5) is 14.4. The van der Waals surface area contributed by atoms with E-state index in [0.29, 0.717) is 11.8 Å². The molecule has 0 N–H and O–H groups in total. The molecule has 18 heavy (non-hydrogen) atoms. The average molecular weight is 378 g/mol. The third kappa shape index (κ3) is 2.99. The van der Waals surface area contributed by atoms with Crippen LogP contribution in [0.3, 0.4) is 0 Å². The van der Waals surface area contributed by atoms with Crippen molar-refractivity contribution >= 4 is 40.1 Å². The third-order valence-corrected chi connectivity index (χ3v) is 5.41. The topological polar surface area (TPSA) is 20.3 Å². The van der Waals surface area contributed by atoms with Gasteiger partial charge in [-0.25, -0.2) is 0 Å². The Morgan fingerprint density at radius 3 is 2.72 bits per heavy atom. The molecule has 1 heterocycles. The van der Waals surface area contributed by atoms with Gasteiger partial charge in [-0.1, -0.05) is 12.1 Å². The lowest BCUT2D eigenvalue weighted by atomic mass is 9.98. The van der Waals surface area contributed by atoms with Crippen molar-refractivity contribution < 1.29 is 4.79 Å². The molecule has 1 aliphatic rings. The fraction of sp³-hybridized carbons (Fsp3) is 0.500. The summed E-state index contributed by atoms with van der Waals surface area (Å²) in [6.45, 7) is 3.71. The van der Waals surface area contributed by atoms with Gasteiger partial charge < -0.3 is 4.90 Å². The summed E-state index contributed by atoms with van der Waals surface area (Å²) < 4.78 is 1.07. The first kappa shape index (κ1) is 14.1. The molecule has 0 spiro atoms. The lowest BCUT2D eigenvalue weighted by molar-refractivity contribution is 0.0697. The summed E-state index contributed by atoms with van der Waals surface area (Å²) in [5.74, 6) is 1.45. The van der Waals surface area contributed by atoms with Crippen LogP contribution in [0.25, 0.3) is 0 Å². The van der Waals surface area contributed by atoms with E-state index in [1.807, 2.05) is 30.0 Å². The second-order valence-corrected chi connectivity index (χ2v) is 6.21. The summed E-state index contributed by atoms with van der Waals surface area (Å²) in [5.41, 5.74) is 2.00. The second-order valence-electron chi connectivity index (χ2n) is 4.83. The van der Waals surface area contributed by atoms with E-state index in [-0.39, 0.29) is 5.91 Å². The number of nitrogens with zero attached hydrogens (tertiary/aromatic N) is 1. The number of rotatable bonds is 2. The third-order valence-electron chi connectivity index (χ3n) is 3.54. The van der Waals surface area contributed by atoms with Crippen molar-refractivity contribution in [3.8, 4) is 0 Å². The van der Waals surface area contributed by atoms with Gasteiger partial charge in [0.15, 0.2) is 0 Å². The van der Waals surface area contributed by atoms with Crippen molar-refractivity contribution in [2.24, 2.45) is 5.92 Å². The van der Waals surface area contributed by atoms with Crippen LogP contribution in [0, 0.1) is 16.4 Å². The summed E-state index contributed by atoms with van der Waals surface area (Å²) in [6, 6.07) is 5.92. The minimum Gasteiger partial charge on any atom is -0.339 e. The van der Waals surface area contributed by atoms with E-state index >= 15 is 0 Å². The molecular formula is C14H17ClINO. The average Bonchev–Trinajstić information content (AvgIpc) is 2.41. The SMILES string of the molecule is Cc1cccc(C(=O)N2CCC(CCl)CC2)c1I. The maximum atomic E-state index is 12.5. The number of likely N-dealkylation sites (tertiary alicyclic amines) is 1. The molecule has 4 heteroatoms.